The molecule has 1 aliphatic heterocycles. The van der Waals surface area contributed by atoms with E-state index in [2.05, 4.69) is 21.2 Å². The first-order valence-electron chi connectivity index (χ1n) is 9.12. The summed E-state index contributed by atoms with van der Waals surface area (Å²) in [6.45, 7) is 3.37. The molecule has 0 spiro atoms. The van der Waals surface area contributed by atoms with E-state index in [-0.39, 0.29) is 6.61 Å². The molecule has 6 nitrogen and oxygen atoms in total. The van der Waals surface area contributed by atoms with Crippen LogP contribution in [0.3, 0.4) is 0 Å². The van der Waals surface area contributed by atoms with Gasteiger partial charge in [-0.15, -0.1) is 0 Å². The van der Waals surface area contributed by atoms with Gasteiger partial charge in [0.2, 0.25) is 0 Å². The van der Waals surface area contributed by atoms with Crippen LogP contribution in [0.25, 0.3) is 11.3 Å². The van der Waals surface area contributed by atoms with Gasteiger partial charge in [0.15, 0.2) is 11.5 Å². The van der Waals surface area contributed by atoms with Crippen molar-refractivity contribution < 1.29 is 14.6 Å². The number of hydrogen-bond donors (Lipinski definition) is 2. The van der Waals surface area contributed by atoms with Crippen LogP contribution in [0.5, 0.6) is 11.5 Å². The number of aliphatic hydroxyl groups is 1. The van der Waals surface area contributed by atoms with Crippen molar-refractivity contribution in [1.29, 1.82) is 0 Å². The van der Waals surface area contributed by atoms with Crippen molar-refractivity contribution in [2.45, 2.75) is 38.3 Å². The molecule has 134 valence electrons. The molecule has 2 heterocycles. The number of fused-ring (bicyclic) bond motifs is 1. The maximum Gasteiger partial charge on any atom is 0.162 e. The van der Waals surface area contributed by atoms with Gasteiger partial charge in [0, 0.05) is 30.3 Å². The summed E-state index contributed by atoms with van der Waals surface area (Å²) in [4.78, 5) is 2.52. The van der Waals surface area contributed by atoms with E-state index in [4.69, 9.17) is 14.6 Å². The molecule has 6 heteroatoms. The molecule has 0 atom stereocenters. The SMILES string of the molecule is OCCCCN(Cc1cn[nH]c1-c1ccc2c(c1)OCCO2)C1CC1. The van der Waals surface area contributed by atoms with Crippen molar-refractivity contribution in [3.05, 3.63) is 30.0 Å². The zero-order valence-corrected chi connectivity index (χ0v) is 14.4. The lowest BCUT2D eigenvalue weighted by atomic mass is 10.1. The largest absolute Gasteiger partial charge is 0.486 e. The van der Waals surface area contributed by atoms with Gasteiger partial charge >= 0.3 is 0 Å². The molecule has 2 aromatic rings. The second-order valence-electron chi connectivity index (χ2n) is 6.76. The van der Waals surface area contributed by atoms with Gasteiger partial charge in [-0.2, -0.15) is 5.10 Å². The fourth-order valence-electron chi connectivity index (χ4n) is 3.36. The Morgan fingerprint density at radius 3 is 2.80 bits per heavy atom. The minimum absolute atomic E-state index is 0.270. The number of nitrogens with zero attached hydrogens (tertiary/aromatic N) is 2. The third-order valence-corrected chi connectivity index (χ3v) is 4.84. The molecular formula is C19H25N3O3. The van der Waals surface area contributed by atoms with Crippen LogP contribution in [0.2, 0.25) is 0 Å². The molecule has 0 bridgehead atoms. The van der Waals surface area contributed by atoms with Crippen molar-refractivity contribution >= 4 is 0 Å². The summed E-state index contributed by atoms with van der Waals surface area (Å²) < 4.78 is 11.3. The molecule has 4 rings (SSSR count). The molecule has 1 fully saturated rings. The van der Waals surface area contributed by atoms with E-state index in [9.17, 15) is 0 Å². The predicted molar refractivity (Wildman–Crippen MR) is 94.8 cm³/mol. The van der Waals surface area contributed by atoms with Crippen molar-refractivity contribution in [3.8, 4) is 22.8 Å². The molecule has 2 aliphatic rings. The molecule has 1 aromatic carbocycles. The molecule has 25 heavy (non-hydrogen) atoms. The maximum atomic E-state index is 9.02. The van der Waals surface area contributed by atoms with Gasteiger partial charge in [-0.25, -0.2) is 0 Å². The third-order valence-electron chi connectivity index (χ3n) is 4.84. The second-order valence-corrected chi connectivity index (χ2v) is 6.76. The highest BCUT2D eigenvalue weighted by Crippen LogP contribution is 2.36. The Bertz CT molecular complexity index is 712. The zero-order valence-electron chi connectivity index (χ0n) is 14.4. The minimum atomic E-state index is 0.270. The second kappa shape index (κ2) is 7.45. The van der Waals surface area contributed by atoms with E-state index in [1.807, 2.05) is 18.3 Å². The topological polar surface area (TPSA) is 70.6 Å². The van der Waals surface area contributed by atoms with Gasteiger partial charge in [0.25, 0.3) is 0 Å². The Morgan fingerprint density at radius 2 is 2.00 bits per heavy atom. The number of aliphatic hydroxyl groups excluding tert-OH is 1. The van der Waals surface area contributed by atoms with E-state index in [0.29, 0.717) is 19.3 Å². The average molecular weight is 343 g/mol. The first-order valence-corrected chi connectivity index (χ1v) is 9.12. The highest BCUT2D eigenvalue weighted by atomic mass is 16.6. The van der Waals surface area contributed by atoms with Crippen LogP contribution in [-0.4, -0.2) is 52.6 Å². The molecule has 0 saturated heterocycles. The average Bonchev–Trinajstić information content (AvgIpc) is 3.39. The molecule has 0 radical (unpaired) electrons. The van der Waals surface area contributed by atoms with Crippen LogP contribution < -0.4 is 9.47 Å². The molecule has 2 N–H and O–H groups in total. The Balaban J connectivity index is 1.51. The summed E-state index contributed by atoms with van der Waals surface area (Å²) in [7, 11) is 0. The predicted octanol–water partition coefficient (Wildman–Crippen LogP) is 2.58. The van der Waals surface area contributed by atoms with Crippen LogP contribution in [0, 0.1) is 0 Å². The fourth-order valence-corrected chi connectivity index (χ4v) is 3.36. The van der Waals surface area contributed by atoms with Gasteiger partial charge in [0.1, 0.15) is 13.2 Å². The molecule has 1 aliphatic carbocycles. The summed E-state index contributed by atoms with van der Waals surface area (Å²) >= 11 is 0. The van der Waals surface area contributed by atoms with Gasteiger partial charge in [0.05, 0.1) is 11.9 Å². The van der Waals surface area contributed by atoms with E-state index < -0.39 is 0 Å². The Labute approximate surface area is 147 Å². The number of hydrogen-bond acceptors (Lipinski definition) is 5. The lowest BCUT2D eigenvalue weighted by Crippen LogP contribution is -2.27. The lowest BCUT2D eigenvalue weighted by Gasteiger charge is -2.22. The van der Waals surface area contributed by atoms with Crippen LogP contribution in [-0.2, 0) is 6.54 Å². The molecule has 1 saturated carbocycles. The van der Waals surface area contributed by atoms with Gasteiger partial charge in [-0.3, -0.25) is 10.00 Å². The van der Waals surface area contributed by atoms with Crippen LogP contribution in [0.1, 0.15) is 31.2 Å². The lowest BCUT2D eigenvalue weighted by molar-refractivity contribution is 0.171. The minimum Gasteiger partial charge on any atom is -0.486 e. The number of aromatic nitrogens is 2. The summed E-state index contributed by atoms with van der Waals surface area (Å²) in [5.74, 6) is 1.60. The highest BCUT2D eigenvalue weighted by molar-refractivity contribution is 5.66. The van der Waals surface area contributed by atoms with Crippen LogP contribution in [0.15, 0.2) is 24.4 Å². The molecule has 1 aromatic heterocycles. The van der Waals surface area contributed by atoms with Gasteiger partial charge in [-0.05, 0) is 50.4 Å². The normalized spacial score (nSPS) is 16.4. The highest BCUT2D eigenvalue weighted by Gasteiger charge is 2.29. The monoisotopic (exact) mass is 343 g/mol. The zero-order chi connectivity index (χ0) is 17.1. The van der Waals surface area contributed by atoms with E-state index in [0.717, 1.165) is 48.7 Å². The number of unbranched alkanes of at least 4 members (excludes halogenated alkanes) is 1. The number of aromatic amines is 1. The summed E-state index contributed by atoms with van der Waals surface area (Å²) in [5.41, 5.74) is 3.32. The van der Waals surface area contributed by atoms with E-state index >= 15 is 0 Å². The summed E-state index contributed by atoms with van der Waals surface area (Å²) in [6, 6.07) is 6.73. The van der Waals surface area contributed by atoms with Gasteiger partial charge < -0.3 is 14.6 Å². The first-order chi connectivity index (χ1) is 12.3. The van der Waals surface area contributed by atoms with Crippen LogP contribution >= 0.6 is 0 Å². The van der Waals surface area contributed by atoms with Crippen LogP contribution in [0.4, 0.5) is 0 Å². The van der Waals surface area contributed by atoms with Crippen molar-refractivity contribution in [2.24, 2.45) is 0 Å². The standard InChI is InChI=1S/C19H25N3O3/c23-8-2-1-7-22(16-4-5-16)13-15-12-20-21-19(15)14-3-6-17-18(11-14)25-10-9-24-17/h3,6,11-12,16,23H,1-2,4-5,7-10,13H2,(H,20,21). The third kappa shape index (κ3) is 3.80. The van der Waals surface area contributed by atoms with Gasteiger partial charge in [-0.1, -0.05) is 0 Å². The number of nitrogens with one attached hydrogen (secondary N) is 1. The molecule has 0 amide bonds. The first kappa shape index (κ1) is 16.4. The maximum absolute atomic E-state index is 9.02. The number of ether oxygens (including phenoxy) is 2. The van der Waals surface area contributed by atoms with E-state index in [1.54, 1.807) is 0 Å². The van der Waals surface area contributed by atoms with Crippen molar-refractivity contribution in [1.82, 2.24) is 15.1 Å². The Kier molecular flexibility index (Phi) is 4.90. The molecule has 0 unspecified atom stereocenters. The van der Waals surface area contributed by atoms with Crippen molar-refractivity contribution in [3.63, 3.8) is 0 Å². The van der Waals surface area contributed by atoms with E-state index in [1.165, 1.54) is 18.4 Å². The molecular weight excluding hydrogens is 318 g/mol. The summed E-state index contributed by atoms with van der Waals surface area (Å²) in [5, 5.41) is 16.4. The summed E-state index contributed by atoms with van der Waals surface area (Å²) in [6.07, 6.45) is 6.37. The van der Waals surface area contributed by atoms with Crippen molar-refractivity contribution in [2.75, 3.05) is 26.4 Å². The Hall–Kier alpha value is -2.05. The number of rotatable bonds is 8. The quantitative estimate of drug-likeness (QED) is 0.721. The number of benzene rings is 1. The smallest absolute Gasteiger partial charge is 0.162 e. The fraction of sp³-hybridized carbons (Fsp3) is 0.526. The Morgan fingerprint density at radius 1 is 1.16 bits per heavy atom. The number of H-pyrrole nitrogens is 1.